The van der Waals surface area contributed by atoms with E-state index in [4.69, 9.17) is 10.5 Å². The molecule has 1 rings (SSSR count). The van der Waals surface area contributed by atoms with E-state index >= 15 is 0 Å². The van der Waals surface area contributed by atoms with Crippen molar-refractivity contribution in [2.45, 2.75) is 38.8 Å². The molecule has 0 amide bonds. The third-order valence-corrected chi connectivity index (χ3v) is 2.28. The second kappa shape index (κ2) is 5.78. The van der Waals surface area contributed by atoms with Crippen molar-refractivity contribution in [2.24, 2.45) is 5.73 Å². The number of hydrogen-bond acceptors (Lipinski definition) is 4. The number of rotatable bonds is 4. The molecule has 4 heteroatoms. The molecule has 0 spiro atoms. The van der Waals surface area contributed by atoms with Gasteiger partial charge in [-0.25, -0.2) is 0 Å². The molecule has 4 nitrogen and oxygen atoms in total. The fraction of sp³-hybridized carbons (Fsp3) is 0.429. The maximum atomic E-state index is 11.7. The molecule has 1 aromatic rings. The summed E-state index contributed by atoms with van der Waals surface area (Å²) in [4.78, 5) is 22.2. The average molecular weight is 249 g/mol. The lowest BCUT2D eigenvalue weighted by molar-refractivity contribution is -0.156. The molecular weight excluding hydrogens is 230 g/mol. The van der Waals surface area contributed by atoms with Gasteiger partial charge in [0.1, 0.15) is 17.9 Å². The van der Waals surface area contributed by atoms with Gasteiger partial charge in [-0.2, -0.15) is 0 Å². The van der Waals surface area contributed by atoms with Crippen molar-refractivity contribution < 1.29 is 14.3 Å². The molecule has 0 aliphatic heterocycles. The Labute approximate surface area is 107 Å². The molecule has 1 atom stereocenters. The van der Waals surface area contributed by atoms with Crippen LogP contribution >= 0.6 is 0 Å². The van der Waals surface area contributed by atoms with E-state index in [1.165, 1.54) is 0 Å². The quantitative estimate of drug-likeness (QED) is 0.651. The van der Waals surface area contributed by atoms with Gasteiger partial charge in [-0.05, 0) is 32.8 Å². The summed E-state index contributed by atoms with van der Waals surface area (Å²) < 4.78 is 5.20. The van der Waals surface area contributed by atoms with Crippen molar-refractivity contribution in [3.05, 3.63) is 35.4 Å². The highest BCUT2D eigenvalue weighted by molar-refractivity contribution is 5.77. The molecule has 0 heterocycles. The molecule has 0 saturated carbocycles. The van der Waals surface area contributed by atoms with Gasteiger partial charge < -0.3 is 10.5 Å². The predicted molar refractivity (Wildman–Crippen MR) is 69.4 cm³/mol. The summed E-state index contributed by atoms with van der Waals surface area (Å²) in [6.07, 6.45) is 1.17. The number of hydrogen-bond donors (Lipinski definition) is 1. The standard InChI is InChI=1S/C14H19NO3/c1-14(2,3)18-13(17)12(15)8-10-4-6-11(9-16)7-5-10/h4-7,9,12H,8,15H2,1-3H3. The number of ether oxygens (including phenoxy) is 1. The second-order valence-electron chi connectivity index (χ2n) is 5.20. The van der Waals surface area contributed by atoms with Crippen molar-refractivity contribution >= 4 is 12.3 Å². The van der Waals surface area contributed by atoms with Crippen LogP contribution in [0.4, 0.5) is 0 Å². The number of carbonyl (C=O) groups excluding carboxylic acids is 2. The van der Waals surface area contributed by atoms with Gasteiger partial charge in [0.15, 0.2) is 0 Å². The second-order valence-corrected chi connectivity index (χ2v) is 5.20. The molecule has 0 aromatic heterocycles. The first-order chi connectivity index (χ1) is 8.31. The highest BCUT2D eigenvalue weighted by Gasteiger charge is 2.22. The van der Waals surface area contributed by atoms with Crippen LogP contribution in [0.2, 0.25) is 0 Å². The van der Waals surface area contributed by atoms with Gasteiger partial charge in [0.25, 0.3) is 0 Å². The predicted octanol–water partition coefficient (Wildman–Crippen LogP) is 1.71. The largest absolute Gasteiger partial charge is 0.459 e. The fourth-order valence-corrected chi connectivity index (χ4v) is 1.45. The molecule has 18 heavy (non-hydrogen) atoms. The van der Waals surface area contributed by atoms with Crippen LogP contribution in [0.3, 0.4) is 0 Å². The lowest BCUT2D eigenvalue weighted by atomic mass is 10.0. The van der Waals surface area contributed by atoms with Crippen LogP contribution in [0.15, 0.2) is 24.3 Å². The first-order valence-corrected chi connectivity index (χ1v) is 5.84. The summed E-state index contributed by atoms with van der Waals surface area (Å²) in [5.41, 5.74) is 6.75. The van der Waals surface area contributed by atoms with E-state index in [2.05, 4.69) is 0 Å². The Hall–Kier alpha value is -1.68. The topological polar surface area (TPSA) is 69.4 Å². The molecular formula is C14H19NO3. The summed E-state index contributed by atoms with van der Waals surface area (Å²) in [5.74, 6) is -0.415. The van der Waals surface area contributed by atoms with Gasteiger partial charge in [-0.1, -0.05) is 24.3 Å². The van der Waals surface area contributed by atoms with Crippen LogP contribution in [0.5, 0.6) is 0 Å². The Morgan fingerprint density at radius 3 is 2.33 bits per heavy atom. The van der Waals surface area contributed by atoms with Gasteiger partial charge in [0, 0.05) is 5.56 Å². The van der Waals surface area contributed by atoms with Gasteiger partial charge >= 0.3 is 5.97 Å². The average Bonchev–Trinajstić information content (AvgIpc) is 2.27. The normalized spacial score (nSPS) is 12.9. The van der Waals surface area contributed by atoms with Crippen molar-refractivity contribution in [2.75, 3.05) is 0 Å². The van der Waals surface area contributed by atoms with Gasteiger partial charge in [0.2, 0.25) is 0 Å². The number of aldehydes is 1. The maximum Gasteiger partial charge on any atom is 0.323 e. The highest BCUT2D eigenvalue weighted by Crippen LogP contribution is 2.10. The fourth-order valence-electron chi connectivity index (χ4n) is 1.45. The summed E-state index contributed by atoms with van der Waals surface area (Å²) >= 11 is 0. The van der Waals surface area contributed by atoms with Gasteiger partial charge in [0.05, 0.1) is 0 Å². The monoisotopic (exact) mass is 249 g/mol. The summed E-state index contributed by atoms with van der Waals surface area (Å²) in [6.45, 7) is 5.41. The van der Waals surface area contributed by atoms with Gasteiger partial charge in [-0.15, -0.1) is 0 Å². The Morgan fingerprint density at radius 1 is 1.33 bits per heavy atom. The lowest BCUT2D eigenvalue weighted by Gasteiger charge is -2.22. The van der Waals surface area contributed by atoms with E-state index in [-0.39, 0.29) is 0 Å². The SMILES string of the molecule is CC(C)(C)OC(=O)C(N)Cc1ccc(C=O)cc1. The first kappa shape index (κ1) is 14.4. The van der Waals surface area contributed by atoms with Crippen LogP contribution in [-0.4, -0.2) is 23.9 Å². The third-order valence-electron chi connectivity index (χ3n) is 2.28. The number of carbonyl (C=O) groups is 2. The molecule has 1 unspecified atom stereocenters. The van der Waals surface area contributed by atoms with Crippen molar-refractivity contribution in [3.8, 4) is 0 Å². The van der Waals surface area contributed by atoms with Crippen LogP contribution in [-0.2, 0) is 16.0 Å². The summed E-state index contributed by atoms with van der Waals surface area (Å²) in [7, 11) is 0. The zero-order valence-corrected chi connectivity index (χ0v) is 11.0. The highest BCUT2D eigenvalue weighted by atomic mass is 16.6. The van der Waals surface area contributed by atoms with Crippen LogP contribution < -0.4 is 5.73 Å². The van der Waals surface area contributed by atoms with Crippen molar-refractivity contribution in [3.63, 3.8) is 0 Å². The number of benzene rings is 1. The molecule has 98 valence electrons. The van der Waals surface area contributed by atoms with E-state index in [1.807, 2.05) is 0 Å². The number of nitrogens with two attached hydrogens (primary N) is 1. The van der Waals surface area contributed by atoms with Gasteiger partial charge in [-0.3, -0.25) is 9.59 Å². The lowest BCUT2D eigenvalue weighted by Crippen LogP contribution is -2.38. The zero-order valence-electron chi connectivity index (χ0n) is 11.0. The Kier molecular flexibility index (Phi) is 4.62. The van der Waals surface area contributed by atoms with Crippen molar-refractivity contribution in [1.29, 1.82) is 0 Å². The van der Waals surface area contributed by atoms with E-state index < -0.39 is 17.6 Å². The Morgan fingerprint density at radius 2 is 1.89 bits per heavy atom. The minimum absolute atomic E-state index is 0.397. The zero-order chi connectivity index (χ0) is 13.8. The summed E-state index contributed by atoms with van der Waals surface area (Å²) in [6, 6.07) is 6.28. The molecule has 0 radical (unpaired) electrons. The van der Waals surface area contributed by atoms with E-state index in [0.717, 1.165) is 11.8 Å². The maximum absolute atomic E-state index is 11.7. The minimum Gasteiger partial charge on any atom is -0.459 e. The molecule has 0 bridgehead atoms. The van der Waals surface area contributed by atoms with E-state index in [9.17, 15) is 9.59 Å². The molecule has 0 saturated heterocycles. The molecule has 0 aliphatic carbocycles. The van der Waals surface area contributed by atoms with Crippen LogP contribution in [0.1, 0.15) is 36.7 Å². The minimum atomic E-state index is -0.689. The van der Waals surface area contributed by atoms with Crippen LogP contribution in [0, 0.1) is 0 Å². The van der Waals surface area contributed by atoms with Crippen molar-refractivity contribution in [1.82, 2.24) is 0 Å². The third kappa shape index (κ3) is 4.67. The smallest absolute Gasteiger partial charge is 0.323 e. The molecule has 0 fully saturated rings. The Balaban J connectivity index is 2.60. The molecule has 0 aliphatic rings. The summed E-state index contributed by atoms with van der Waals surface area (Å²) in [5, 5.41) is 0. The Bertz CT molecular complexity index is 418. The number of esters is 1. The molecule has 2 N–H and O–H groups in total. The van der Waals surface area contributed by atoms with E-state index in [0.29, 0.717) is 12.0 Å². The first-order valence-electron chi connectivity index (χ1n) is 5.84. The van der Waals surface area contributed by atoms with Crippen LogP contribution in [0.25, 0.3) is 0 Å². The van der Waals surface area contributed by atoms with E-state index in [1.54, 1.807) is 45.0 Å². The molecule has 1 aromatic carbocycles.